The van der Waals surface area contributed by atoms with Crippen LogP contribution in [0.3, 0.4) is 0 Å². The Morgan fingerprint density at radius 2 is 1.75 bits per heavy atom. The second-order valence-corrected chi connectivity index (χ2v) is 8.64. The van der Waals surface area contributed by atoms with Crippen LogP contribution in [0.1, 0.15) is 52.4 Å². The van der Waals surface area contributed by atoms with Gasteiger partial charge in [-0.3, -0.25) is 9.69 Å². The van der Waals surface area contributed by atoms with Gasteiger partial charge in [0.05, 0.1) is 10.8 Å². The molecule has 0 spiro atoms. The summed E-state index contributed by atoms with van der Waals surface area (Å²) >= 11 is 0. The minimum Gasteiger partial charge on any atom is -0.297 e. The van der Waals surface area contributed by atoms with Crippen LogP contribution >= 0.6 is 0 Å². The van der Waals surface area contributed by atoms with E-state index in [1.807, 2.05) is 32.8 Å². The average molecular weight is 303 g/mol. The third kappa shape index (κ3) is 3.42. The number of hydrogen-bond acceptors (Lipinski definition) is 4. The molecule has 1 aliphatic carbocycles. The Bertz CT molecular complexity index is 438. The first-order valence-electron chi connectivity index (χ1n) is 7.59. The van der Waals surface area contributed by atoms with Gasteiger partial charge in [0.25, 0.3) is 0 Å². The molecule has 2 unspecified atom stereocenters. The molecule has 2 atom stereocenters. The summed E-state index contributed by atoms with van der Waals surface area (Å²) in [4.78, 5) is 15.0. The third-order valence-corrected chi connectivity index (χ3v) is 6.73. The first-order chi connectivity index (χ1) is 9.19. The molecule has 1 aliphatic rings. The van der Waals surface area contributed by atoms with Crippen LogP contribution in [0.5, 0.6) is 0 Å². The Balaban J connectivity index is 2.96. The molecule has 0 saturated heterocycles. The molecule has 118 valence electrons. The van der Waals surface area contributed by atoms with Gasteiger partial charge in [0.15, 0.2) is 5.78 Å². The number of carbonyl (C=O) groups excluding carboxylic acids is 1. The first-order valence-corrected chi connectivity index (χ1v) is 9.55. The van der Waals surface area contributed by atoms with E-state index < -0.39 is 15.4 Å². The highest BCUT2D eigenvalue weighted by Crippen LogP contribution is 2.35. The molecule has 20 heavy (non-hydrogen) atoms. The standard InChI is InChI=1S/C15H29NO3S/c1-6-15(7-2,16(3)4)14(17)12-9-8-10-13(11-12)20(5,18)19/h12-13H,6-11H2,1-5H3. The van der Waals surface area contributed by atoms with Crippen molar-refractivity contribution >= 4 is 15.6 Å². The average Bonchev–Trinajstić information content (AvgIpc) is 2.39. The fraction of sp³-hybridized carbons (Fsp3) is 0.933. The highest BCUT2D eigenvalue weighted by atomic mass is 32.2. The number of carbonyl (C=O) groups is 1. The highest BCUT2D eigenvalue weighted by Gasteiger charge is 2.43. The van der Waals surface area contributed by atoms with E-state index in [9.17, 15) is 13.2 Å². The first kappa shape index (κ1) is 17.6. The van der Waals surface area contributed by atoms with Crippen molar-refractivity contribution in [2.75, 3.05) is 20.4 Å². The van der Waals surface area contributed by atoms with E-state index in [1.54, 1.807) is 0 Å². The van der Waals surface area contributed by atoms with E-state index in [-0.39, 0.29) is 17.0 Å². The van der Waals surface area contributed by atoms with E-state index in [2.05, 4.69) is 0 Å². The van der Waals surface area contributed by atoms with Gasteiger partial charge in [-0.05, 0) is 46.2 Å². The number of likely N-dealkylation sites (N-methyl/N-ethyl adjacent to an activating group) is 1. The fourth-order valence-electron chi connectivity index (χ4n) is 3.60. The lowest BCUT2D eigenvalue weighted by Crippen LogP contribution is -2.53. The summed E-state index contributed by atoms with van der Waals surface area (Å²) < 4.78 is 23.5. The molecule has 0 radical (unpaired) electrons. The molecule has 1 saturated carbocycles. The Kier molecular flexibility index (Phi) is 5.79. The number of sulfone groups is 1. The van der Waals surface area contributed by atoms with Gasteiger partial charge in [0.2, 0.25) is 0 Å². The van der Waals surface area contributed by atoms with Gasteiger partial charge in [-0.15, -0.1) is 0 Å². The molecule has 1 rings (SSSR count). The number of ketones is 1. The summed E-state index contributed by atoms with van der Waals surface area (Å²) in [6.45, 7) is 4.08. The molecular weight excluding hydrogens is 274 g/mol. The summed E-state index contributed by atoms with van der Waals surface area (Å²) in [5, 5.41) is -0.334. The molecule has 0 heterocycles. The van der Waals surface area contributed by atoms with Gasteiger partial charge in [-0.25, -0.2) is 8.42 Å². The minimum absolute atomic E-state index is 0.106. The molecule has 0 amide bonds. The van der Waals surface area contributed by atoms with Gasteiger partial charge in [0, 0.05) is 12.2 Å². The molecule has 5 heteroatoms. The van der Waals surface area contributed by atoms with E-state index in [1.165, 1.54) is 6.26 Å². The van der Waals surface area contributed by atoms with Gasteiger partial charge in [-0.2, -0.15) is 0 Å². The second kappa shape index (κ2) is 6.56. The number of nitrogens with zero attached hydrogens (tertiary/aromatic N) is 1. The maximum atomic E-state index is 13.0. The van der Waals surface area contributed by atoms with Crippen LogP contribution in [-0.2, 0) is 14.6 Å². The molecule has 0 aromatic heterocycles. The number of Topliss-reactive ketones (excluding diaryl/α,β-unsaturated/α-hetero) is 1. The van der Waals surface area contributed by atoms with Crippen molar-refractivity contribution in [3.8, 4) is 0 Å². The monoisotopic (exact) mass is 303 g/mol. The molecule has 0 aromatic carbocycles. The third-order valence-electron chi connectivity index (χ3n) is 5.09. The van der Waals surface area contributed by atoms with Crippen molar-refractivity contribution in [3.05, 3.63) is 0 Å². The van der Waals surface area contributed by atoms with Gasteiger partial charge < -0.3 is 0 Å². The SMILES string of the molecule is CCC(CC)(C(=O)C1CCCC(S(C)(=O)=O)C1)N(C)C. The van der Waals surface area contributed by atoms with Crippen LogP contribution in [0.25, 0.3) is 0 Å². The molecule has 1 fully saturated rings. The van der Waals surface area contributed by atoms with Crippen LogP contribution in [0, 0.1) is 5.92 Å². The highest BCUT2D eigenvalue weighted by molar-refractivity contribution is 7.91. The zero-order chi connectivity index (χ0) is 15.6. The summed E-state index contributed by atoms with van der Waals surface area (Å²) in [6.07, 6.45) is 5.72. The van der Waals surface area contributed by atoms with Crippen molar-refractivity contribution in [2.45, 2.75) is 63.2 Å². The largest absolute Gasteiger partial charge is 0.297 e. The molecule has 0 bridgehead atoms. The second-order valence-electron chi connectivity index (χ2n) is 6.31. The quantitative estimate of drug-likeness (QED) is 0.755. The van der Waals surface area contributed by atoms with Gasteiger partial charge >= 0.3 is 0 Å². The predicted octanol–water partition coefficient (Wildman–Crippen LogP) is 2.28. The van der Waals surface area contributed by atoms with Crippen LogP contribution in [0.4, 0.5) is 0 Å². The number of rotatable bonds is 6. The summed E-state index contributed by atoms with van der Waals surface area (Å²) in [6, 6.07) is 0. The zero-order valence-electron chi connectivity index (χ0n) is 13.5. The van der Waals surface area contributed by atoms with Crippen LogP contribution in [0.15, 0.2) is 0 Å². The maximum Gasteiger partial charge on any atom is 0.156 e. The predicted molar refractivity (Wildman–Crippen MR) is 82.6 cm³/mol. The molecular formula is C15H29NO3S. The lowest BCUT2D eigenvalue weighted by Gasteiger charge is -2.41. The van der Waals surface area contributed by atoms with E-state index in [0.717, 1.165) is 25.7 Å². The van der Waals surface area contributed by atoms with Crippen LogP contribution < -0.4 is 0 Å². The Hall–Kier alpha value is -0.420. The fourth-order valence-corrected chi connectivity index (χ4v) is 4.78. The van der Waals surface area contributed by atoms with E-state index in [4.69, 9.17) is 0 Å². The topological polar surface area (TPSA) is 54.5 Å². The van der Waals surface area contributed by atoms with Crippen LogP contribution in [0.2, 0.25) is 0 Å². The lowest BCUT2D eigenvalue weighted by molar-refractivity contribution is -0.135. The summed E-state index contributed by atoms with van der Waals surface area (Å²) in [5.74, 6) is 0.131. The van der Waals surface area contributed by atoms with E-state index in [0.29, 0.717) is 12.8 Å². The minimum atomic E-state index is -3.04. The normalized spacial score (nSPS) is 24.9. The Morgan fingerprint density at radius 1 is 1.20 bits per heavy atom. The van der Waals surface area contributed by atoms with Crippen molar-refractivity contribution in [3.63, 3.8) is 0 Å². The van der Waals surface area contributed by atoms with Crippen LogP contribution in [-0.4, -0.2) is 50.2 Å². The van der Waals surface area contributed by atoms with Crippen molar-refractivity contribution in [1.82, 2.24) is 4.90 Å². The summed E-state index contributed by atoms with van der Waals surface area (Å²) in [7, 11) is 0.855. The van der Waals surface area contributed by atoms with Crippen molar-refractivity contribution in [2.24, 2.45) is 5.92 Å². The van der Waals surface area contributed by atoms with Crippen molar-refractivity contribution < 1.29 is 13.2 Å². The van der Waals surface area contributed by atoms with Crippen molar-refractivity contribution in [1.29, 1.82) is 0 Å². The molecule has 0 N–H and O–H groups in total. The molecule has 0 aliphatic heterocycles. The molecule has 4 nitrogen and oxygen atoms in total. The van der Waals surface area contributed by atoms with Gasteiger partial charge in [0.1, 0.15) is 9.84 Å². The lowest BCUT2D eigenvalue weighted by atomic mass is 9.75. The zero-order valence-corrected chi connectivity index (χ0v) is 14.3. The van der Waals surface area contributed by atoms with E-state index >= 15 is 0 Å². The Morgan fingerprint density at radius 3 is 2.15 bits per heavy atom. The number of hydrogen-bond donors (Lipinski definition) is 0. The summed E-state index contributed by atoms with van der Waals surface area (Å²) in [5.41, 5.74) is -0.440. The Labute approximate surface area is 123 Å². The molecule has 0 aromatic rings. The van der Waals surface area contributed by atoms with Gasteiger partial charge in [-0.1, -0.05) is 20.3 Å². The smallest absolute Gasteiger partial charge is 0.156 e. The maximum absolute atomic E-state index is 13.0.